The lowest BCUT2D eigenvalue weighted by Gasteiger charge is -2.23. The molecule has 0 radical (unpaired) electrons. The zero-order chi connectivity index (χ0) is 15.3. The number of benzene rings is 1. The number of nitrogens with two attached hydrogens (primary N) is 1. The number of rotatable bonds is 3. The minimum atomic E-state index is -0.932. The SMILES string of the molecule is N#CC1(C(=O)Nc2ccc(C(N)=O)cc2)CCCCCC1. The van der Waals surface area contributed by atoms with Gasteiger partial charge in [0.25, 0.3) is 0 Å². The molecule has 21 heavy (non-hydrogen) atoms. The summed E-state index contributed by atoms with van der Waals surface area (Å²) in [6.45, 7) is 0. The Hall–Kier alpha value is -2.35. The Balaban J connectivity index is 2.12. The summed E-state index contributed by atoms with van der Waals surface area (Å²) in [6.07, 6.45) is 5.17. The van der Waals surface area contributed by atoms with Crippen LogP contribution in [0.4, 0.5) is 5.69 Å². The van der Waals surface area contributed by atoms with E-state index < -0.39 is 11.3 Å². The zero-order valence-corrected chi connectivity index (χ0v) is 11.9. The second-order valence-electron chi connectivity index (χ2n) is 5.50. The van der Waals surface area contributed by atoms with Crippen LogP contribution >= 0.6 is 0 Å². The first-order valence-electron chi connectivity index (χ1n) is 7.20. The minimum Gasteiger partial charge on any atom is -0.366 e. The van der Waals surface area contributed by atoms with Crippen LogP contribution < -0.4 is 11.1 Å². The van der Waals surface area contributed by atoms with E-state index in [-0.39, 0.29) is 5.91 Å². The Bertz CT molecular complexity index is 564. The summed E-state index contributed by atoms with van der Waals surface area (Å²) >= 11 is 0. The van der Waals surface area contributed by atoms with E-state index in [2.05, 4.69) is 11.4 Å². The number of primary amides is 1. The van der Waals surface area contributed by atoms with Gasteiger partial charge in [0.2, 0.25) is 11.8 Å². The summed E-state index contributed by atoms with van der Waals surface area (Å²) in [6, 6.07) is 8.59. The molecule has 0 unspecified atom stereocenters. The monoisotopic (exact) mass is 285 g/mol. The number of amides is 2. The van der Waals surface area contributed by atoms with E-state index in [1.807, 2.05) is 0 Å². The molecular formula is C16H19N3O2. The predicted octanol–water partition coefficient (Wildman–Crippen LogP) is 2.59. The molecule has 3 N–H and O–H groups in total. The maximum Gasteiger partial charge on any atom is 0.248 e. The summed E-state index contributed by atoms with van der Waals surface area (Å²) in [7, 11) is 0. The fraction of sp³-hybridized carbons (Fsp3) is 0.438. The van der Waals surface area contributed by atoms with E-state index in [1.165, 1.54) is 0 Å². The fourth-order valence-electron chi connectivity index (χ4n) is 2.69. The Kier molecular flexibility index (Phi) is 4.59. The van der Waals surface area contributed by atoms with Crippen LogP contribution in [0.3, 0.4) is 0 Å². The van der Waals surface area contributed by atoms with Crippen molar-refractivity contribution in [2.75, 3.05) is 5.32 Å². The lowest BCUT2D eigenvalue weighted by Crippen LogP contribution is -2.34. The third-order valence-corrected chi connectivity index (χ3v) is 4.03. The van der Waals surface area contributed by atoms with Gasteiger partial charge in [-0.2, -0.15) is 5.26 Å². The van der Waals surface area contributed by atoms with E-state index in [4.69, 9.17) is 5.73 Å². The molecule has 1 aromatic carbocycles. The lowest BCUT2D eigenvalue weighted by atomic mass is 9.81. The van der Waals surface area contributed by atoms with Crippen molar-refractivity contribution in [2.24, 2.45) is 11.1 Å². The highest BCUT2D eigenvalue weighted by molar-refractivity contribution is 5.98. The van der Waals surface area contributed by atoms with Crippen LogP contribution in [0.25, 0.3) is 0 Å². The van der Waals surface area contributed by atoms with Crippen LogP contribution in [-0.2, 0) is 4.79 Å². The third-order valence-electron chi connectivity index (χ3n) is 4.03. The van der Waals surface area contributed by atoms with Gasteiger partial charge in [0, 0.05) is 11.3 Å². The average Bonchev–Trinajstić information content (AvgIpc) is 2.74. The van der Waals surface area contributed by atoms with E-state index in [0.29, 0.717) is 24.1 Å². The number of hydrogen-bond donors (Lipinski definition) is 2. The molecule has 5 heteroatoms. The number of nitriles is 1. The second-order valence-corrected chi connectivity index (χ2v) is 5.50. The summed E-state index contributed by atoms with van der Waals surface area (Å²) in [5, 5.41) is 12.2. The normalized spacial score (nSPS) is 17.3. The van der Waals surface area contributed by atoms with Crippen LogP contribution in [0.2, 0.25) is 0 Å². The Morgan fingerprint density at radius 1 is 1.10 bits per heavy atom. The summed E-state index contributed by atoms with van der Waals surface area (Å²) in [5.41, 5.74) is 5.20. The minimum absolute atomic E-state index is 0.251. The van der Waals surface area contributed by atoms with Crippen molar-refractivity contribution in [3.63, 3.8) is 0 Å². The Morgan fingerprint density at radius 3 is 2.14 bits per heavy atom. The summed E-state index contributed by atoms with van der Waals surface area (Å²) in [5.74, 6) is -0.760. The van der Waals surface area contributed by atoms with Crippen molar-refractivity contribution in [3.05, 3.63) is 29.8 Å². The fourth-order valence-corrected chi connectivity index (χ4v) is 2.69. The zero-order valence-electron chi connectivity index (χ0n) is 11.9. The molecule has 110 valence electrons. The molecule has 1 aliphatic rings. The maximum absolute atomic E-state index is 12.5. The predicted molar refractivity (Wildman–Crippen MR) is 79.3 cm³/mol. The first-order chi connectivity index (χ1) is 10.1. The van der Waals surface area contributed by atoms with Crippen LogP contribution in [0, 0.1) is 16.7 Å². The largest absolute Gasteiger partial charge is 0.366 e. The van der Waals surface area contributed by atoms with E-state index in [1.54, 1.807) is 24.3 Å². The van der Waals surface area contributed by atoms with Crippen molar-refractivity contribution in [3.8, 4) is 6.07 Å². The first kappa shape index (κ1) is 15.0. The van der Waals surface area contributed by atoms with Gasteiger partial charge in [-0.25, -0.2) is 0 Å². The number of nitrogens with one attached hydrogen (secondary N) is 1. The third kappa shape index (κ3) is 3.40. The quantitative estimate of drug-likeness (QED) is 0.835. The average molecular weight is 285 g/mol. The van der Waals surface area contributed by atoms with Gasteiger partial charge in [-0.05, 0) is 37.1 Å². The van der Waals surface area contributed by atoms with Gasteiger partial charge in [-0.15, -0.1) is 0 Å². The van der Waals surface area contributed by atoms with E-state index >= 15 is 0 Å². The van der Waals surface area contributed by atoms with Gasteiger partial charge in [0.15, 0.2) is 0 Å². The smallest absolute Gasteiger partial charge is 0.248 e. The molecular weight excluding hydrogens is 266 g/mol. The van der Waals surface area contributed by atoms with Gasteiger partial charge < -0.3 is 11.1 Å². The molecule has 0 bridgehead atoms. The highest BCUT2D eigenvalue weighted by atomic mass is 16.2. The molecule has 0 saturated heterocycles. The van der Waals surface area contributed by atoms with Crippen molar-refractivity contribution in [2.45, 2.75) is 38.5 Å². The number of carbonyl (C=O) groups excluding carboxylic acids is 2. The number of nitrogens with zero attached hydrogens (tertiary/aromatic N) is 1. The van der Waals surface area contributed by atoms with Gasteiger partial charge >= 0.3 is 0 Å². The molecule has 5 nitrogen and oxygen atoms in total. The molecule has 0 spiro atoms. The standard InChI is InChI=1S/C16H19N3O2/c17-11-16(9-3-1-2-4-10-16)15(21)19-13-7-5-12(6-8-13)14(18)20/h5-8H,1-4,9-10H2,(H2,18,20)(H,19,21). The Morgan fingerprint density at radius 2 is 1.67 bits per heavy atom. The van der Waals surface area contributed by atoms with Crippen molar-refractivity contribution < 1.29 is 9.59 Å². The van der Waals surface area contributed by atoms with Crippen LogP contribution in [0.5, 0.6) is 0 Å². The summed E-state index contributed by atoms with van der Waals surface area (Å²) < 4.78 is 0. The molecule has 0 aliphatic heterocycles. The molecule has 1 aliphatic carbocycles. The van der Waals surface area contributed by atoms with Crippen molar-refractivity contribution >= 4 is 17.5 Å². The first-order valence-corrected chi connectivity index (χ1v) is 7.20. The lowest BCUT2D eigenvalue weighted by molar-refractivity contribution is -0.123. The molecule has 1 aromatic rings. The topological polar surface area (TPSA) is 96.0 Å². The molecule has 1 fully saturated rings. The van der Waals surface area contributed by atoms with Gasteiger partial charge in [0.1, 0.15) is 5.41 Å². The maximum atomic E-state index is 12.5. The number of hydrogen-bond acceptors (Lipinski definition) is 3. The molecule has 0 heterocycles. The second kappa shape index (κ2) is 6.40. The van der Waals surface area contributed by atoms with Gasteiger partial charge in [0.05, 0.1) is 6.07 Å². The molecule has 0 aromatic heterocycles. The summed E-state index contributed by atoms with van der Waals surface area (Å²) in [4.78, 5) is 23.5. The van der Waals surface area contributed by atoms with Crippen LogP contribution in [-0.4, -0.2) is 11.8 Å². The van der Waals surface area contributed by atoms with Gasteiger partial charge in [-0.1, -0.05) is 25.7 Å². The van der Waals surface area contributed by atoms with Crippen molar-refractivity contribution in [1.82, 2.24) is 0 Å². The molecule has 0 atom stereocenters. The van der Waals surface area contributed by atoms with E-state index in [0.717, 1.165) is 25.7 Å². The number of anilines is 1. The van der Waals surface area contributed by atoms with E-state index in [9.17, 15) is 14.9 Å². The molecule has 2 amide bonds. The van der Waals surface area contributed by atoms with Gasteiger partial charge in [-0.3, -0.25) is 9.59 Å². The van der Waals surface area contributed by atoms with Crippen LogP contribution in [0.1, 0.15) is 48.9 Å². The highest BCUT2D eigenvalue weighted by Crippen LogP contribution is 2.35. The molecule has 1 saturated carbocycles. The number of carbonyl (C=O) groups is 2. The van der Waals surface area contributed by atoms with Crippen molar-refractivity contribution in [1.29, 1.82) is 5.26 Å². The highest BCUT2D eigenvalue weighted by Gasteiger charge is 2.38. The molecule has 2 rings (SSSR count). The van der Waals surface area contributed by atoms with Crippen LogP contribution in [0.15, 0.2) is 24.3 Å². The Labute approximate surface area is 124 Å².